The highest BCUT2D eigenvalue weighted by Crippen LogP contribution is 2.40. The van der Waals surface area contributed by atoms with Gasteiger partial charge in [0.1, 0.15) is 16.8 Å². The fourth-order valence-electron chi connectivity index (χ4n) is 2.70. The predicted octanol–water partition coefficient (Wildman–Crippen LogP) is 4.66. The molecular formula is C16H16ClN3S. The number of aromatic nitrogens is 2. The van der Waals surface area contributed by atoms with E-state index in [2.05, 4.69) is 39.6 Å². The molecule has 1 aliphatic carbocycles. The molecule has 0 radical (unpaired) electrons. The maximum Gasteiger partial charge on any atom is 0.135 e. The van der Waals surface area contributed by atoms with Gasteiger partial charge in [-0.05, 0) is 30.9 Å². The first-order chi connectivity index (χ1) is 10.3. The zero-order chi connectivity index (χ0) is 14.2. The molecule has 2 aromatic rings. The van der Waals surface area contributed by atoms with Crippen LogP contribution < -0.4 is 5.32 Å². The van der Waals surface area contributed by atoms with Gasteiger partial charge in [0.15, 0.2) is 0 Å². The Morgan fingerprint density at radius 2 is 2.00 bits per heavy atom. The second-order valence-electron chi connectivity index (χ2n) is 5.58. The number of benzene rings is 1. The number of anilines is 1. The molecule has 0 spiro atoms. The van der Waals surface area contributed by atoms with E-state index >= 15 is 0 Å². The van der Waals surface area contributed by atoms with Crippen LogP contribution in [0, 0.1) is 0 Å². The zero-order valence-electron chi connectivity index (χ0n) is 11.6. The van der Waals surface area contributed by atoms with Gasteiger partial charge in [0.05, 0.1) is 6.04 Å². The highest BCUT2D eigenvalue weighted by atomic mass is 35.5. The van der Waals surface area contributed by atoms with E-state index in [1.165, 1.54) is 23.3 Å². The molecule has 0 amide bonds. The SMILES string of the molecule is Clc1cc(NC2CCSc3ccccc32)nc(C2CC2)n1. The largest absolute Gasteiger partial charge is 0.363 e. The summed E-state index contributed by atoms with van der Waals surface area (Å²) in [6, 6.07) is 10.7. The summed E-state index contributed by atoms with van der Waals surface area (Å²) in [4.78, 5) is 10.4. The Morgan fingerprint density at radius 3 is 2.86 bits per heavy atom. The summed E-state index contributed by atoms with van der Waals surface area (Å²) >= 11 is 8.07. The lowest BCUT2D eigenvalue weighted by Gasteiger charge is -2.26. The van der Waals surface area contributed by atoms with Crippen LogP contribution in [0.4, 0.5) is 5.82 Å². The molecule has 1 aromatic heterocycles. The van der Waals surface area contributed by atoms with Crippen LogP contribution in [0.1, 0.15) is 42.6 Å². The third-order valence-corrected chi connectivity index (χ3v) is 5.25. The van der Waals surface area contributed by atoms with Gasteiger partial charge in [-0.1, -0.05) is 29.8 Å². The summed E-state index contributed by atoms with van der Waals surface area (Å²) in [5.74, 6) is 3.38. The number of halogens is 1. The van der Waals surface area contributed by atoms with E-state index in [0.717, 1.165) is 23.8 Å². The van der Waals surface area contributed by atoms with Crippen molar-refractivity contribution in [2.24, 2.45) is 0 Å². The van der Waals surface area contributed by atoms with Crippen molar-refractivity contribution in [2.75, 3.05) is 11.1 Å². The van der Waals surface area contributed by atoms with Gasteiger partial charge < -0.3 is 5.32 Å². The van der Waals surface area contributed by atoms with Crippen molar-refractivity contribution in [1.82, 2.24) is 9.97 Å². The average molecular weight is 318 g/mol. The quantitative estimate of drug-likeness (QED) is 0.836. The number of hydrogen-bond donors (Lipinski definition) is 1. The number of fused-ring (bicyclic) bond motifs is 1. The Bertz CT molecular complexity index is 672. The van der Waals surface area contributed by atoms with Gasteiger partial charge in [0.2, 0.25) is 0 Å². The standard InChI is InChI=1S/C16H16ClN3S/c17-14-9-15(20-16(19-14)10-5-6-10)18-12-7-8-21-13-4-2-1-3-11(12)13/h1-4,9-10,12H,5-8H2,(H,18,19,20). The first-order valence-electron chi connectivity index (χ1n) is 7.32. The van der Waals surface area contributed by atoms with Crippen LogP contribution >= 0.6 is 23.4 Å². The van der Waals surface area contributed by atoms with E-state index in [4.69, 9.17) is 11.6 Å². The highest BCUT2D eigenvalue weighted by Gasteiger charge is 2.28. The fourth-order valence-corrected chi connectivity index (χ4v) is 4.02. The molecule has 1 atom stereocenters. The zero-order valence-corrected chi connectivity index (χ0v) is 13.1. The van der Waals surface area contributed by atoms with Crippen molar-refractivity contribution < 1.29 is 0 Å². The van der Waals surface area contributed by atoms with Gasteiger partial charge in [-0.25, -0.2) is 9.97 Å². The van der Waals surface area contributed by atoms with Gasteiger partial charge >= 0.3 is 0 Å². The lowest BCUT2D eigenvalue weighted by Crippen LogP contribution is -2.17. The average Bonchev–Trinajstić information content (AvgIpc) is 3.32. The van der Waals surface area contributed by atoms with E-state index in [1.54, 1.807) is 0 Å². The highest BCUT2D eigenvalue weighted by molar-refractivity contribution is 7.99. The number of nitrogens with one attached hydrogen (secondary N) is 1. The molecule has 1 saturated carbocycles. The third-order valence-electron chi connectivity index (χ3n) is 3.94. The Balaban J connectivity index is 1.62. The molecule has 5 heteroatoms. The van der Waals surface area contributed by atoms with Gasteiger partial charge in [0, 0.05) is 22.6 Å². The fraction of sp³-hybridized carbons (Fsp3) is 0.375. The van der Waals surface area contributed by atoms with Crippen LogP contribution in [0.25, 0.3) is 0 Å². The van der Waals surface area contributed by atoms with Gasteiger partial charge in [-0.3, -0.25) is 0 Å². The molecule has 1 fully saturated rings. The Morgan fingerprint density at radius 1 is 1.14 bits per heavy atom. The Labute approximate surface area is 133 Å². The molecule has 21 heavy (non-hydrogen) atoms. The second kappa shape index (κ2) is 5.50. The van der Waals surface area contributed by atoms with Crippen LogP contribution in [0.15, 0.2) is 35.2 Å². The first-order valence-corrected chi connectivity index (χ1v) is 8.69. The topological polar surface area (TPSA) is 37.8 Å². The second-order valence-corrected chi connectivity index (χ2v) is 7.10. The van der Waals surface area contributed by atoms with Crippen LogP contribution in [-0.4, -0.2) is 15.7 Å². The molecule has 1 N–H and O–H groups in total. The lowest BCUT2D eigenvalue weighted by molar-refractivity contribution is 0.721. The van der Waals surface area contributed by atoms with Crippen molar-refractivity contribution in [3.05, 3.63) is 46.9 Å². The van der Waals surface area contributed by atoms with Crippen LogP contribution in [-0.2, 0) is 0 Å². The van der Waals surface area contributed by atoms with Gasteiger partial charge in [-0.15, -0.1) is 11.8 Å². The molecule has 108 valence electrons. The summed E-state index contributed by atoms with van der Waals surface area (Å²) in [6.45, 7) is 0. The Hall–Kier alpha value is -1.26. The van der Waals surface area contributed by atoms with Crippen molar-refractivity contribution in [2.45, 2.75) is 36.1 Å². The summed E-state index contributed by atoms with van der Waals surface area (Å²) < 4.78 is 0. The molecule has 0 bridgehead atoms. The monoisotopic (exact) mass is 317 g/mol. The number of thioether (sulfide) groups is 1. The van der Waals surface area contributed by atoms with E-state index in [9.17, 15) is 0 Å². The van der Waals surface area contributed by atoms with Crippen LogP contribution in [0.5, 0.6) is 0 Å². The summed E-state index contributed by atoms with van der Waals surface area (Å²) in [5.41, 5.74) is 1.36. The van der Waals surface area contributed by atoms with Crippen molar-refractivity contribution in [3.63, 3.8) is 0 Å². The predicted molar refractivity (Wildman–Crippen MR) is 87.2 cm³/mol. The first kappa shape index (κ1) is 13.4. The van der Waals surface area contributed by atoms with Crippen LogP contribution in [0.2, 0.25) is 5.15 Å². The number of nitrogens with zero attached hydrogens (tertiary/aromatic N) is 2. The maximum atomic E-state index is 6.14. The molecule has 1 aromatic carbocycles. The minimum absolute atomic E-state index is 0.306. The molecule has 3 nitrogen and oxygen atoms in total. The number of rotatable bonds is 3. The van der Waals surface area contributed by atoms with Gasteiger partial charge in [0.25, 0.3) is 0 Å². The molecular weight excluding hydrogens is 302 g/mol. The Kier molecular flexibility index (Phi) is 3.51. The summed E-state index contributed by atoms with van der Waals surface area (Å²) in [6.07, 6.45) is 3.47. The van der Waals surface area contributed by atoms with E-state index < -0.39 is 0 Å². The smallest absolute Gasteiger partial charge is 0.135 e. The molecule has 2 heterocycles. The molecule has 0 saturated heterocycles. The van der Waals surface area contributed by atoms with Crippen molar-refractivity contribution in [1.29, 1.82) is 0 Å². The third kappa shape index (κ3) is 2.87. The van der Waals surface area contributed by atoms with E-state index in [-0.39, 0.29) is 0 Å². The van der Waals surface area contributed by atoms with E-state index in [1.807, 2.05) is 17.8 Å². The maximum absolute atomic E-state index is 6.14. The van der Waals surface area contributed by atoms with Crippen LogP contribution in [0.3, 0.4) is 0 Å². The molecule has 2 aliphatic rings. The molecule has 1 aliphatic heterocycles. The molecule has 4 rings (SSSR count). The van der Waals surface area contributed by atoms with E-state index in [0.29, 0.717) is 17.1 Å². The van der Waals surface area contributed by atoms with Crippen molar-refractivity contribution >= 4 is 29.2 Å². The summed E-state index contributed by atoms with van der Waals surface area (Å²) in [7, 11) is 0. The number of hydrogen-bond acceptors (Lipinski definition) is 4. The normalized spacial score (nSPS) is 20.9. The minimum Gasteiger partial charge on any atom is -0.363 e. The lowest BCUT2D eigenvalue weighted by atomic mass is 10.0. The summed E-state index contributed by atoms with van der Waals surface area (Å²) in [5, 5.41) is 4.09. The van der Waals surface area contributed by atoms with Gasteiger partial charge in [-0.2, -0.15) is 0 Å². The minimum atomic E-state index is 0.306. The molecule has 1 unspecified atom stereocenters. The van der Waals surface area contributed by atoms with Crippen molar-refractivity contribution in [3.8, 4) is 0 Å².